The molecule has 10 nitrogen and oxygen atoms in total. The second kappa shape index (κ2) is 13.6. The fourth-order valence-corrected chi connectivity index (χ4v) is 6.44. The van der Waals surface area contributed by atoms with Crippen molar-refractivity contribution in [3.8, 4) is 0 Å². The molecule has 0 aromatic rings. The van der Waals surface area contributed by atoms with Crippen LogP contribution >= 0.6 is 0 Å². The highest BCUT2D eigenvalue weighted by atomic mass is 16.6. The van der Waals surface area contributed by atoms with E-state index in [-0.39, 0.29) is 43.5 Å². The molecule has 0 radical (unpaired) electrons. The average molecular weight is 548 g/mol. The number of aliphatic hydroxyl groups is 1. The van der Waals surface area contributed by atoms with Crippen LogP contribution < -0.4 is 5.32 Å². The van der Waals surface area contributed by atoms with Gasteiger partial charge in [-0.3, -0.25) is 19.2 Å². The van der Waals surface area contributed by atoms with E-state index in [0.717, 1.165) is 12.8 Å². The summed E-state index contributed by atoms with van der Waals surface area (Å²) >= 11 is 0. The van der Waals surface area contributed by atoms with E-state index in [0.29, 0.717) is 38.6 Å². The number of esters is 1. The maximum atomic E-state index is 14.2. The monoisotopic (exact) mass is 547 g/mol. The number of allylic oxidation sites excluding steroid dienone is 1. The van der Waals surface area contributed by atoms with E-state index in [1.807, 2.05) is 6.92 Å². The maximum absolute atomic E-state index is 14.2. The third-order valence-electron chi connectivity index (χ3n) is 8.19. The molecule has 1 unspecified atom stereocenters. The van der Waals surface area contributed by atoms with Crippen LogP contribution in [0.1, 0.15) is 65.7 Å². The Hall–Kier alpha value is -2.72. The van der Waals surface area contributed by atoms with Crippen LogP contribution in [0.2, 0.25) is 0 Å². The number of ether oxygens (including phenoxy) is 2. The molecule has 7 atom stereocenters. The lowest BCUT2D eigenvalue weighted by Crippen LogP contribution is -2.58. The standard InChI is InChI=1S/C29H45N3O7/c1-6-9-12-22(34)30-18-20(5)38-28(37)23-21-13-14-29(39-21)24(23)26(35)32(16-10-17-33)25(29)27(36)31(15-8-3)19(4)11-7-2/h6,8,19-21,23-25,33H,1,3,7,9-18H2,2,4-5H3,(H,30,34)/t19?,20-,21-,23+,24+,25-,29+/m1/s1. The van der Waals surface area contributed by atoms with E-state index in [1.165, 1.54) is 4.90 Å². The van der Waals surface area contributed by atoms with Gasteiger partial charge in [0.2, 0.25) is 17.7 Å². The Morgan fingerprint density at radius 2 is 2.05 bits per heavy atom. The molecule has 10 heteroatoms. The summed E-state index contributed by atoms with van der Waals surface area (Å²) in [5.41, 5.74) is -1.12. The van der Waals surface area contributed by atoms with Gasteiger partial charge in [0.1, 0.15) is 17.7 Å². The molecular weight excluding hydrogens is 502 g/mol. The number of hydrogen-bond acceptors (Lipinski definition) is 7. The van der Waals surface area contributed by atoms with Crippen molar-refractivity contribution >= 4 is 23.7 Å². The van der Waals surface area contributed by atoms with Gasteiger partial charge in [-0.1, -0.05) is 25.5 Å². The first-order valence-electron chi connectivity index (χ1n) is 14.2. The van der Waals surface area contributed by atoms with E-state index in [1.54, 1.807) is 24.0 Å². The summed E-state index contributed by atoms with van der Waals surface area (Å²) < 4.78 is 12.1. The molecule has 0 aromatic heterocycles. The molecule has 1 spiro atoms. The topological polar surface area (TPSA) is 125 Å². The number of carbonyl (C=O) groups excluding carboxylic acids is 4. The molecule has 218 valence electrons. The number of amides is 3. The molecule has 2 bridgehead atoms. The summed E-state index contributed by atoms with van der Waals surface area (Å²) in [4.78, 5) is 56.7. The largest absolute Gasteiger partial charge is 0.460 e. The van der Waals surface area contributed by atoms with E-state index in [4.69, 9.17) is 9.47 Å². The van der Waals surface area contributed by atoms with E-state index in [2.05, 4.69) is 25.4 Å². The molecule has 3 amide bonds. The van der Waals surface area contributed by atoms with Crippen LogP contribution in [0.25, 0.3) is 0 Å². The van der Waals surface area contributed by atoms with Gasteiger partial charge in [-0.2, -0.15) is 0 Å². The fourth-order valence-electron chi connectivity index (χ4n) is 6.44. The predicted molar refractivity (Wildman–Crippen MR) is 145 cm³/mol. The minimum atomic E-state index is -1.12. The van der Waals surface area contributed by atoms with Crippen LogP contribution in [-0.4, -0.2) is 94.7 Å². The molecule has 39 heavy (non-hydrogen) atoms. The quantitative estimate of drug-likeness (QED) is 0.224. The highest BCUT2D eigenvalue weighted by Gasteiger charge is 2.75. The average Bonchev–Trinajstić information content (AvgIpc) is 3.55. The Labute approximate surface area is 231 Å². The molecule has 3 aliphatic heterocycles. The summed E-state index contributed by atoms with van der Waals surface area (Å²) in [6.07, 6.45) is 6.13. The molecule has 3 rings (SSSR count). The summed E-state index contributed by atoms with van der Waals surface area (Å²) in [5.74, 6) is -2.90. The maximum Gasteiger partial charge on any atom is 0.312 e. The van der Waals surface area contributed by atoms with E-state index >= 15 is 0 Å². The van der Waals surface area contributed by atoms with E-state index in [9.17, 15) is 24.3 Å². The number of rotatable bonds is 16. The predicted octanol–water partition coefficient (Wildman–Crippen LogP) is 1.96. The van der Waals surface area contributed by atoms with Crippen molar-refractivity contribution in [3.63, 3.8) is 0 Å². The van der Waals surface area contributed by atoms with Gasteiger partial charge in [0.25, 0.3) is 0 Å². The van der Waals surface area contributed by atoms with Crippen molar-refractivity contribution in [1.82, 2.24) is 15.1 Å². The second-order valence-corrected chi connectivity index (χ2v) is 11.0. The second-order valence-electron chi connectivity index (χ2n) is 11.0. The van der Waals surface area contributed by atoms with Crippen LogP contribution in [0.5, 0.6) is 0 Å². The minimum absolute atomic E-state index is 0.0624. The number of likely N-dealkylation sites (tertiary alicyclic amines) is 1. The van der Waals surface area contributed by atoms with Gasteiger partial charge in [-0.15, -0.1) is 13.2 Å². The van der Waals surface area contributed by atoms with Crippen molar-refractivity contribution in [2.45, 2.75) is 95.6 Å². The molecule has 3 aliphatic rings. The first kappa shape index (κ1) is 30.8. The van der Waals surface area contributed by atoms with Crippen LogP contribution in [-0.2, 0) is 28.7 Å². The SMILES string of the molecule is C=CCCC(=O)NC[C@@H](C)OC(=O)[C@@H]1[C@H]2C(=O)N(CCCO)[C@H](C(=O)N(CC=C)C(C)CCC)[C@]23CC[C@H]1O3. The molecule has 0 saturated carbocycles. The van der Waals surface area contributed by atoms with Gasteiger partial charge < -0.3 is 29.7 Å². The lowest BCUT2D eigenvalue weighted by molar-refractivity contribution is -0.159. The van der Waals surface area contributed by atoms with Crippen LogP contribution in [0, 0.1) is 11.8 Å². The third-order valence-corrected chi connectivity index (χ3v) is 8.19. The zero-order valence-corrected chi connectivity index (χ0v) is 23.6. The number of nitrogens with zero attached hydrogens (tertiary/aromatic N) is 2. The summed E-state index contributed by atoms with van der Waals surface area (Å²) in [5, 5.41) is 12.3. The van der Waals surface area contributed by atoms with Crippen LogP contribution in [0.15, 0.2) is 25.3 Å². The fraction of sp³-hybridized carbons (Fsp3) is 0.724. The van der Waals surface area contributed by atoms with Gasteiger partial charge in [0, 0.05) is 32.2 Å². The number of carbonyl (C=O) groups is 4. The normalized spacial score (nSPS) is 28.5. The molecule has 3 heterocycles. The lowest BCUT2D eigenvalue weighted by Gasteiger charge is -2.38. The van der Waals surface area contributed by atoms with Gasteiger partial charge in [0.15, 0.2) is 0 Å². The van der Waals surface area contributed by atoms with Crippen LogP contribution in [0.4, 0.5) is 0 Å². The Kier molecular flexibility index (Phi) is 10.7. The molecule has 0 aromatic carbocycles. The van der Waals surface area contributed by atoms with Gasteiger partial charge in [-0.25, -0.2) is 0 Å². The smallest absolute Gasteiger partial charge is 0.312 e. The molecular formula is C29H45N3O7. The highest BCUT2D eigenvalue weighted by molar-refractivity contribution is 5.98. The Morgan fingerprint density at radius 1 is 1.31 bits per heavy atom. The first-order chi connectivity index (χ1) is 18.7. The highest BCUT2D eigenvalue weighted by Crippen LogP contribution is 2.59. The molecule has 0 aliphatic carbocycles. The molecule has 2 N–H and O–H groups in total. The third kappa shape index (κ3) is 6.22. The number of nitrogens with one attached hydrogen (secondary N) is 1. The first-order valence-corrected chi connectivity index (χ1v) is 14.2. The molecule has 3 saturated heterocycles. The summed E-state index contributed by atoms with van der Waals surface area (Å²) in [6, 6.07) is -0.946. The van der Waals surface area contributed by atoms with Gasteiger partial charge in [0.05, 0.1) is 24.5 Å². The zero-order valence-electron chi connectivity index (χ0n) is 23.6. The van der Waals surface area contributed by atoms with Crippen LogP contribution in [0.3, 0.4) is 0 Å². The van der Waals surface area contributed by atoms with Crippen molar-refractivity contribution in [1.29, 1.82) is 0 Å². The molecule has 3 fully saturated rings. The lowest BCUT2D eigenvalue weighted by atomic mass is 9.70. The van der Waals surface area contributed by atoms with Gasteiger partial charge >= 0.3 is 5.97 Å². The number of fused-ring (bicyclic) bond motifs is 1. The number of aliphatic hydroxyl groups excluding tert-OH is 1. The summed E-state index contributed by atoms with van der Waals surface area (Å²) in [7, 11) is 0. The summed E-state index contributed by atoms with van der Waals surface area (Å²) in [6.45, 7) is 13.7. The zero-order chi connectivity index (χ0) is 28.7. The van der Waals surface area contributed by atoms with Crippen molar-refractivity contribution in [2.75, 3.05) is 26.2 Å². The number of hydrogen-bond donors (Lipinski definition) is 2. The van der Waals surface area contributed by atoms with Crippen molar-refractivity contribution < 1.29 is 33.8 Å². The van der Waals surface area contributed by atoms with Gasteiger partial charge in [-0.05, 0) is 46.0 Å². The van der Waals surface area contributed by atoms with Crippen molar-refractivity contribution in [2.24, 2.45) is 11.8 Å². The minimum Gasteiger partial charge on any atom is -0.460 e. The van der Waals surface area contributed by atoms with Crippen molar-refractivity contribution in [3.05, 3.63) is 25.3 Å². The Bertz CT molecular complexity index is 940. The Morgan fingerprint density at radius 3 is 2.69 bits per heavy atom. The van der Waals surface area contributed by atoms with E-state index < -0.39 is 41.7 Å². The Balaban J connectivity index is 1.83.